The maximum Gasteiger partial charge on any atom is 0.437 e. The van der Waals surface area contributed by atoms with Crippen molar-refractivity contribution in [3.63, 3.8) is 0 Å². The Bertz CT molecular complexity index is 244. The lowest BCUT2D eigenvalue weighted by Crippen LogP contribution is -1.93. The number of hydrogen-bond donors (Lipinski definition) is 1. The molecule has 0 rings (SSSR count). The Labute approximate surface area is 71.8 Å². The summed E-state index contributed by atoms with van der Waals surface area (Å²) in [6, 6.07) is 0. The molecule has 0 spiro atoms. The zero-order valence-corrected chi connectivity index (χ0v) is 7.53. The van der Waals surface area contributed by atoms with Gasteiger partial charge in [0, 0.05) is 0 Å². The maximum atomic E-state index is 9.00. The summed E-state index contributed by atoms with van der Waals surface area (Å²) >= 11 is 0. The lowest BCUT2D eigenvalue weighted by molar-refractivity contribution is 0.108. The van der Waals surface area contributed by atoms with Crippen LogP contribution in [0, 0.1) is 5.39 Å². The highest BCUT2D eigenvalue weighted by Crippen LogP contribution is 2.03. The van der Waals surface area contributed by atoms with Gasteiger partial charge in [-0.1, -0.05) is 5.57 Å². The van der Waals surface area contributed by atoms with Gasteiger partial charge >= 0.3 is 11.6 Å². The molecule has 0 saturated carbocycles. The van der Waals surface area contributed by atoms with E-state index in [0.29, 0.717) is 0 Å². The second-order valence-corrected chi connectivity index (χ2v) is 2.58. The van der Waals surface area contributed by atoms with Gasteiger partial charge in [-0.15, -0.1) is 0 Å². The number of hydrogen-bond acceptors (Lipinski definition) is 3. The highest BCUT2D eigenvalue weighted by molar-refractivity contribution is 5.05. The van der Waals surface area contributed by atoms with Crippen LogP contribution < -0.4 is 0 Å². The molecule has 0 aromatic carbocycles. The van der Waals surface area contributed by atoms with E-state index in [9.17, 15) is 0 Å². The van der Waals surface area contributed by atoms with Gasteiger partial charge in [0.15, 0.2) is 4.98 Å². The Hall–Kier alpha value is -1.50. The highest BCUT2D eigenvalue weighted by atomic mass is 16.6. The molecule has 0 aromatic rings. The average molecular weight is 169 g/mol. The van der Waals surface area contributed by atoms with Crippen LogP contribution in [0.5, 0.6) is 0 Å². The topological polar surface area (TPSA) is 57.6 Å². The SMILES string of the molecule is CC(C)=CCO/C(O)=C(\C)[N+]#N. The van der Waals surface area contributed by atoms with Crippen molar-refractivity contribution in [2.45, 2.75) is 20.8 Å². The molecular formula is C8H13N2O2+. The predicted octanol–water partition coefficient (Wildman–Crippen LogP) is 2.57. The Morgan fingerprint density at radius 2 is 2.08 bits per heavy atom. The number of ether oxygens (including phenoxy) is 1. The average Bonchev–Trinajstić information content (AvgIpc) is 2.02. The molecule has 12 heavy (non-hydrogen) atoms. The van der Waals surface area contributed by atoms with Gasteiger partial charge < -0.3 is 9.84 Å². The maximum absolute atomic E-state index is 9.00. The molecule has 0 unspecified atom stereocenters. The van der Waals surface area contributed by atoms with Crippen LogP contribution in [0.15, 0.2) is 23.3 Å². The molecule has 0 amide bonds. The molecule has 0 aliphatic heterocycles. The third kappa shape index (κ3) is 4.34. The quantitative estimate of drug-likeness (QED) is 0.401. The highest BCUT2D eigenvalue weighted by Gasteiger charge is 2.11. The molecule has 1 N–H and O–H groups in total. The van der Waals surface area contributed by atoms with E-state index >= 15 is 0 Å². The van der Waals surface area contributed by atoms with Crippen molar-refractivity contribution < 1.29 is 9.84 Å². The summed E-state index contributed by atoms with van der Waals surface area (Å²) in [5.74, 6) is -0.352. The van der Waals surface area contributed by atoms with Gasteiger partial charge in [-0.3, -0.25) is 0 Å². The van der Waals surface area contributed by atoms with E-state index in [2.05, 4.69) is 4.98 Å². The van der Waals surface area contributed by atoms with Crippen molar-refractivity contribution in [2.24, 2.45) is 0 Å². The van der Waals surface area contributed by atoms with Crippen molar-refractivity contribution in [3.8, 4) is 0 Å². The molecule has 0 saturated heterocycles. The number of aliphatic hydroxyl groups is 1. The van der Waals surface area contributed by atoms with Crippen LogP contribution in [0.25, 0.3) is 4.98 Å². The van der Waals surface area contributed by atoms with Gasteiger partial charge in [0.2, 0.25) is 5.39 Å². The fourth-order valence-corrected chi connectivity index (χ4v) is 0.434. The molecule has 0 radical (unpaired) electrons. The molecule has 0 bridgehead atoms. The first-order chi connectivity index (χ1) is 5.57. The first-order valence-electron chi connectivity index (χ1n) is 3.59. The van der Waals surface area contributed by atoms with Gasteiger partial charge in [-0.2, -0.15) is 0 Å². The molecule has 66 valence electrons. The number of aliphatic hydroxyl groups excluding tert-OH is 1. The monoisotopic (exact) mass is 169 g/mol. The zero-order chi connectivity index (χ0) is 9.56. The molecule has 4 nitrogen and oxygen atoms in total. The number of diazo groups is 1. The Morgan fingerprint density at radius 3 is 2.50 bits per heavy atom. The summed E-state index contributed by atoms with van der Waals surface area (Å²) in [6.07, 6.45) is 1.81. The summed E-state index contributed by atoms with van der Waals surface area (Å²) < 4.78 is 4.81. The third-order valence-corrected chi connectivity index (χ3v) is 1.17. The summed E-state index contributed by atoms with van der Waals surface area (Å²) in [5.41, 5.74) is 1.17. The predicted molar refractivity (Wildman–Crippen MR) is 45.8 cm³/mol. The summed E-state index contributed by atoms with van der Waals surface area (Å²) in [5, 5.41) is 17.2. The summed E-state index contributed by atoms with van der Waals surface area (Å²) in [4.78, 5) is 2.77. The summed E-state index contributed by atoms with van der Waals surface area (Å²) in [7, 11) is 0. The van der Waals surface area contributed by atoms with Gasteiger partial charge in [-0.05, 0) is 19.9 Å². The minimum absolute atomic E-state index is 0.0668. The molecule has 0 fully saturated rings. The third-order valence-electron chi connectivity index (χ3n) is 1.17. The molecule has 0 atom stereocenters. The van der Waals surface area contributed by atoms with Crippen LogP contribution in [0.1, 0.15) is 20.8 Å². The molecule has 0 aromatic heterocycles. The van der Waals surface area contributed by atoms with Crippen molar-refractivity contribution in [3.05, 3.63) is 28.3 Å². The Balaban J connectivity index is 3.97. The first kappa shape index (κ1) is 10.5. The second kappa shape index (κ2) is 5.19. The lowest BCUT2D eigenvalue weighted by atomic mass is 10.3. The van der Waals surface area contributed by atoms with Gasteiger partial charge in [-0.25, -0.2) is 0 Å². The van der Waals surface area contributed by atoms with Crippen LogP contribution in [0.4, 0.5) is 0 Å². The largest absolute Gasteiger partial charge is 0.475 e. The number of rotatable bonds is 3. The van der Waals surface area contributed by atoms with Crippen LogP contribution in [-0.4, -0.2) is 11.7 Å². The molecule has 0 heterocycles. The van der Waals surface area contributed by atoms with E-state index in [1.807, 2.05) is 13.8 Å². The fraction of sp³-hybridized carbons (Fsp3) is 0.500. The molecular weight excluding hydrogens is 156 g/mol. The smallest absolute Gasteiger partial charge is 0.437 e. The Kier molecular flexibility index (Phi) is 4.54. The lowest BCUT2D eigenvalue weighted by Gasteiger charge is -1.97. The van der Waals surface area contributed by atoms with Crippen LogP contribution in [-0.2, 0) is 4.74 Å². The standard InChI is InChI=1S/C8H12N2O2/c1-6(2)4-5-12-8(11)7(3)10-9/h4H,5H2,1-3H3/p+1/b8-7+. The van der Waals surface area contributed by atoms with Crippen LogP contribution in [0.3, 0.4) is 0 Å². The Morgan fingerprint density at radius 1 is 1.50 bits per heavy atom. The van der Waals surface area contributed by atoms with Crippen molar-refractivity contribution in [2.75, 3.05) is 6.61 Å². The minimum Gasteiger partial charge on any atom is -0.475 e. The van der Waals surface area contributed by atoms with Crippen LogP contribution >= 0.6 is 0 Å². The van der Waals surface area contributed by atoms with E-state index in [1.54, 1.807) is 6.08 Å². The second-order valence-electron chi connectivity index (χ2n) is 2.58. The molecule has 0 aliphatic rings. The first-order valence-corrected chi connectivity index (χ1v) is 3.59. The van der Waals surface area contributed by atoms with E-state index in [1.165, 1.54) is 6.92 Å². The summed E-state index contributed by atoms with van der Waals surface area (Å²) in [6.45, 7) is 5.57. The molecule has 0 aliphatic carbocycles. The zero-order valence-electron chi connectivity index (χ0n) is 7.53. The number of allylic oxidation sites excluding steroid dienone is 2. The van der Waals surface area contributed by atoms with Gasteiger partial charge in [0.1, 0.15) is 6.61 Å². The van der Waals surface area contributed by atoms with E-state index in [4.69, 9.17) is 15.2 Å². The van der Waals surface area contributed by atoms with E-state index < -0.39 is 0 Å². The van der Waals surface area contributed by atoms with Crippen molar-refractivity contribution in [1.29, 1.82) is 5.39 Å². The molecule has 4 heteroatoms. The normalized spacial score (nSPS) is 11.2. The number of nitrogens with zero attached hydrogens (tertiary/aromatic N) is 2. The van der Waals surface area contributed by atoms with Crippen molar-refractivity contribution >= 4 is 0 Å². The minimum atomic E-state index is -0.352. The van der Waals surface area contributed by atoms with Gasteiger partial charge in [0.25, 0.3) is 0 Å². The van der Waals surface area contributed by atoms with E-state index in [-0.39, 0.29) is 18.2 Å². The fourth-order valence-electron chi connectivity index (χ4n) is 0.434. The van der Waals surface area contributed by atoms with Gasteiger partial charge in [0.05, 0.1) is 6.92 Å². The van der Waals surface area contributed by atoms with E-state index in [0.717, 1.165) is 5.57 Å². The van der Waals surface area contributed by atoms with Crippen molar-refractivity contribution in [1.82, 2.24) is 0 Å². The van der Waals surface area contributed by atoms with Crippen LogP contribution in [0.2, 0.25) is 0 Å².